The lowest BCUT2D eigenvalue weighted by molar-refractivity contribution is 0.668. The number of anilines is 9. The molecule has 78 heavy (non-hydrogen) atoms. The van der Waals surface area contributed by atoms with Crippen molar-refractivity contribution in [3.05, 3.63) is 285 Å². The first kappa shape index (κ1) is 45.3. The molecule has 0 amide bonds. The summed E-state index contributed by atoms with van der Waals surface area (Å²) in [6.07, 6.45) is 0. The van der Waals surface area contributed by atoms with E-state index in [0.717, 1.165) is 117 Å². The van der Waals surface area contributed by atoms with E-state index in [1.165, 1.54) is 20.2 Å². The summed E-state index contributed by atoms with van der Waals surface area (Å²) in [7, 11) is 0. The summed E-state index contributed by atoms with van der Waals surface area (Å²) in [6, 6.07) is 102. The zero-order valence-corrected chi connectivity index (χ0v) is 43.0. The summed E-state index contributed by atoms with van der Waals surface area (Å²) in [4.78, 5) is 7.16. The van der Waals surface area contributed by atoms with Gasteiger partial charge in [-0.15, -0.1) is 11.3 Å². The Morgan fingerprint density at radius 2 is 0.551 bits per heavy atom. The maximum atomic E-state index is 6.22. The topological polar surface area (TPSA) is 36.0 Å². The van der Waals surface area contributed by atoms with Crippen molar-refractivity contribution in [2.75, 3.05) is 14.7 Å². The molecule has 6 heteroatoms. The van der Waals surface area contributed by atoms with E-state index in [0.29, 0.717) is 0 Å². The summed E-state index contributed by atoms with van der Waals surface area (Å²) in [5.41, 5.74) is 17.3. The molecule has 15 rings (SSSR count). The number of fused-ring (bicyclic) bond motifs is 9. The summed E-state index contributed by atoms with van der Waals surface area (Å²) in [5, 5.41) is 6.95. The average Bonchev–Trinajstić information content (AvgIpc) is 4.32. The highest BCUT2D eigenvalue weighted by Gasteiger charge is 2.24. The van der Waals surface area contributed by atoms with Crippen LogP contribution in [0.5, 0.6) is 0 Å². The molecule has 0 unspecified atom stereocenters. The lowest BCUT2D eigenvalue weighted by Crippen LogP contribution is -2.16. The van der Waals surface area contributed by atoms with Crippen molar-refractivity contribution >= 4 is 127 Å². The summed E-state index contributed by atoms with van der Waals surface area (Å²) in [5.74, 6) is 0. The van der Waals surface area contributed by atoms with E-state index in [4.69, 9.17) is 8.83 Å². The Hall–Kier alpha value is -10.1. The lowest BCUT2D eigenvalue weighted by Gasteiger charge is -2.33. The van der Waals surface area contributed by atoms with Gasteiger partial charge < -0.3 is 23.5 Å². The first-order chi connectivity index (χ1) is 38.6. The van der Waals surface area contributed by atoms with Crippen LogP contribution in [0.25, 0.3) is 86.3 Å². The third-order valence-electron chi connectivity index (χ3n) is 15.0. The fourth-order valence-corrected chi connectivity index (χ4v) is 12.4. The molecular weight excluding hydrogens is 971 g/mol. The molecule has 0 aliphatic heterocycles. The van der Waals surface area contributed by atoms with Gasteiger partial charge in [0.2, 0.25) is 0 Å². The zero-order chi connectivity index (χ0) is 51.5. The van der Waals surface area contributed by atoms with E-state index in [9.17, 15) is 0 Å². The Labute approximate surface area is 454 Å². The van der Waals surface area contributed by atoms with Crippen LogP contribution in [-0.4, -0.2) is 0 Å². The molecule has 0 saturated carbocycles. The van der Waals surface area contributed by atoms with Crippen LogP contribution >= 0.6 is 11.3 Å². The predicted molar refractivity (Wildman–Crippen MR) is 329 cm³/mol. The zero-order valence-electron chi connectivity index (χ0n) is 42.2. The van der Waals surface area contributed by atoms with E-state index in [2.05, 4.69) is 276 Å². The molecule has 0 saturated heterocycles. The van der Waals surface area contributed by atoms with Crippen LogP contribution in [0.2, 0.25) is 0 Å². The quantitative estimate of drug-likeness (QED) is 0.129. The van der Waals surface area contributed by atoms with Crippen molar-refractivity contribution in [2.24, 2.45) is 0 Å². The first-order valence-corrected chi connectivity index (χ1v) is 27.1. The Kier molecular flexibility index (Phi) is 11.0. The van der Waals surface area contributed by atoms with Crippen LogP contribution in [0.1, 0.15) is 0 Å². The van der Waals surface area contributed by atoms with E-state index >= 15 is 0 Å². The van der Waals surface area contributed by atoms with Gasteiger partial charge in [0.05, 0.1) is 17.1 Å². The lowest BCUT2D eigenvalue weighted by atomic mass is 10.0. The van der Waals surface area contributed by atoms with Gasteiger partial charge in [-0.05, 0) is 162 Å². The highest BCUT2D eigenvalue weighted by Crippen LogP contribution is 2.48. The van der Waals surface area contributed by atoms with Crippen molar-refractivity contribution < 1.29 is 8.83 Å². The van der Waals surface area contributed by atoms with E-state index in [1.54, 1.807) is 0 Å². The average molecular weight is 1020 g/mol. The van der Waals surface area contributed by atoms with Gasteiger partial charge in [0.15, 0.2) is 0 Å². The molecule has 0 aliphatic carbocycles. The van der Waals surface area contributed by atoms with Gasteiger partial charge in [0.25, 0.3) is 0 Å². The standard InChI is InChI=1S/C72H47N3O2S/c1-4-16-52(17-5-1)73(55-34-28-48(29-35-55)50-32-39-69-64(42-50)61-22-10-13-25-67(61)76-69)58-44-59(46-60(45-58)75(54-20-8-3-9-21-54)57-38-41-72-66(47-57)63-24-12-15-27-71(63)78-72)74(53-18-6-2-7-19-53)56-36-30-49(31-37-56)51-33-40-70-65(43-51)62-23-11-14-26-68(62)77-70/h1-47H. The highest BCUT2D eigenvalue weighted by molar-refractivity contribution is 7.25. The van der Waals surface area contributed by atoms with Gasteiger partial charge in [-0.1, -0.05) is 146 Å². The Bertz CT molecular complexity index is 4460. The smallest absolute Gasteiger partial charge is 0.135 e. The van der Waals surface area contributed by atoms with Crippen LogP contribution in [0.4, 0.5) is 51.2 Å². The van der Waals surface area contributed by atoms with E-state index in [1.807, 2.05) is 35.6 Å². The molecule has 0 fully saturated rings. The van der Waals surface area contributed by atoms with Gasteiger partial charge in [-0.25, -0.2) is 0 Å². The van der Waals surface area contributed by atoms with Crippen molar-refractivity contribution in [3.8, 4) is 22.3 Å². The molecule has 0 aliphatic rings. The second-order valence-corrected chi connectivity index (χ2v) is 20.8. The minimum Gasteiger partial charge on any atom is -0.456 e. The molecule has 5 nitrogen and oxygen atoms in total. The monoisotopic (exact) mass is 1020 g/mol. The molecule has 0 spiro atoms. The largest absolute Gasteiger partial charge is 0.456 e. The number of thiophene rings is 1. The SMILES string of the molecule is c1ccc(N(c2ccc(-c3ccc4oc5ccccc5c4c3)cc2)c2cc(N(c3ccccc3)c3ccc(-c4ccc5oc6ccccc6c5c4)cc3)cc(N(c3ccccc3)c3ccc4sc5ccccc5c4c3)c2)cc1. The number of hydrogen-bond donors (Lipinski definition) is 0. The van der Waals surface area contributed by atoms with Gasteiger partial charge in [0.1, 0.15) is 22.3 Å². The van der Waals surface area contributed by atoms with Crippen LogP contribution in [0, 0.1) is 0 Å². The fourth-order valence-electron chi connectivity index (χ4n) is 11.3. The molecule has 15 aromatic rings. The van der Waals surface area contributed by atoms with Gasteiger partial charge in [-0.3, -0.25) is 0 Å². The Morgan fingerprint density at radius 3 is 1.03 bits per heavy atom. The first-order valence-electron chi connectivity index (χ1n) is 26.3. The van der Waals surface area contributed by atoms with Crippen molar-refractivity contribution in [1.29, 1.82) is 0 Å². The third-order valence-corrected chi connectivity index (χ3v) is 16.1. The molecule has 0 N–H and O–H groups in total. The number of benzene rings is 12. The second-order valence-electron chi connectivity index (χ2n) is 19.7. The summed E-state index contributed by atoms with van der Waals surface area (Å²) in [6.45, 7) is 0. The molecule has 3 aromatic heterocycles. The molecule has 3 heterocycles. The minimum atomic E-state index is 0.886. The maximum Gasteiger partial charge on any atom is 0.135 e. The third kappa shape index (κ3) is 8.02. The van der Waals surface area contributed by atoms with Crippen molar-refractivity contribution in [3.63, 3.8) is 0 Å². The minimum absolute atomic E-state index is 0.886. The van der Waals surface area contributed by atoms with Crippen molar-refractivity contribution in [2.45, 2.75) is 0 Å². The van der Waals surface area contributed by atoms with Crippen LogP contribution < -0.4 is 14.7 Å². The van der Waals surface area contributed by atoms with Crippen LogP contribution in [-0.2, 0) is 0 Å². The molecule has 12 aromatic carbocycles. The fraction of sp³-hybridized carbons (Fsp3) is 0. The second kappa shape index (κ2) is 18.9. The Morgan fingerprint density at radius 1 is 0.205 bits per heavy atom. The normalized spacial score (nSPS) is 11.6. The number of rotatable bonds is 11. The van der Waals surface area contributed by atoms with Crippen molar-refractivity contribution in [1.82, 2.24) is 0 Å². The van der Waals surface area contributed by atoms with Crippen LogP contribution in [0.15, 0.2) is 294 Å². The van der Waals surface area contributed by atoms with E-state index < -0.39 is 0 Å². The van der Waals surface area contributed by atoms with E-state index in [-0.39, 0.29) is 0 Å². The van der Waals surface area contributed by atoms with Crippen LogP contribution in [0.3, 0.4) is 0 Å². The van der Waals surface area contributed by atoms with Gasteiger partial charge in [0, 0.05) is 75.8 Å². The highest BCUT2D eigenvalue weighted by atomic mass is 32.1. The maximum absolute atomic E-state index is 6.22. The molecule has 0 bridgehead atoms. The molecule has 368 valence electrons. The van der Waals surface area contributed by atoms with Gasteiger partial charge >= 0.3 is 0 Å². The number of furan rings is 2. The molecule has 0 atom stereocenters. The molecule has 0 radical (unpaired) electrons. The molecular formula is C72H47N3O2S. The van der Waals surface area contributed by atoms with Gasteiger partial charge in [-0.2, -0.15) is 0 Å². The predicted octanol–water partition coefficient (Wildman–Crippen LogP) is 21.6. The summed E-state index contributed by atoms with van der Waals surface area (Å²) >= 11 is 1.84. The number of nitrogens with zero attached hydrogens (tertiary/aromatic N) is 3. The Balaban J connectivity index is 0.919. The summed E-state index contributed by atoms with van der Waals surface area (Å²) < 4.78 is 15.0. The number of hydrogen-bond acceptors (Lipinski definition) is 6. The number of para-hydroxylation sites is 5.